The van der Waals surface area contributed by atoms with E-state index in [9.17, 15) is 4.39 Å². The molecule has 0 aliphatic carbocycles. The molecule has 1 heteroatoms. The summed E-state index contributed by atoms with van der Waals surface area (Å²) in [5.41, 5.74) is 0. The molecule has 32 valence electrons. The molecule has 0 spiro atoms. The predicted molar refractivity (Wildman–Crippen MR) is 20.9 cm³/mol. The molecule has 0 aromatic rings. The summed E-state index contributed by atoms with van der Waals surface area (Å²) in [7, 11) is 0. The van der Waals surface area contributed by atoms with Gasteiger partial charge in [-0.15, -0.1) is 0 Å². The Hall–Kier alpha value is -0.0700. The Morgan fingerprint density at radius 3 is 2.40 bits per heavy atom. The molecule has 0 aromatic heterocycles. The lowest BCUT2D eigenvalue weighted by molar-refractivity contribution is 0.352. The maximum atomic E-state index is 11.8. The van der Waals surface area contributed by atoms with Gasteiger partial charge in [0, 0.05) is 2.74 Å². The maximum absolute atomic E-state index is 11.8. The molecule has 1 unspecified atom stereocenters. The number of rotatable bonds is 1. The van der Waals surface area contributed by atoms with Crippen molar-refractivity contribution in [3.63, 3.8) is 0 Å². The Morgan fingerprint density at radius 2 is 2.40 bits per heavy atom. The van der Waals surface area contributed by atoms with Gasteiger partial charge in [0.1, 0.15) is 0 Å². The SMILES string of the molecule is [2H]C([2H])(C)C(C)F. The van der Waals surface area contributed by atoms with Gasteiger partial charge in [0.2, 0.25) is 0 Å². The van der Waals surface area contributed by atoms with Crippen LogP contribution in [0.1, 0.15) is 23.0 Å². The third kappa shape index (κ3) is 3.93. The first-order valence-corrected chi connectivity index (χ1v) is 1.58. The fourth-order valence-electron chi connectivity index (χ4n) is 0. The number of alkyl halides is 1. The minimum absolute atomic E-state index is 1.21. The van der Waals surface area contributed by atoms with Gasteiger partial charge in [-0.3, -0.25) is 0 Å². The monoisotopic (exact) mass is 78.1 g/mol. The van der Waals surface area contributed by atoms with Gasteiger partial charge in [0.25, 0.3) is 0 Å². The van der Waals surface area contributed by atoms with Crippen molar-refractivity contribution in [2.24, 2.45) is 0 Å². The van der Waals surface area contributed by atoms with Crippen LogP contribution in [-0.4, -0.2) is 6.17 Å². The van der Waals surface area contributed by atoms with Crippen LogP contribution in [0.3, 0.4) is 0 Å². The van der Waals surface area contributed by atoms with Crippen molar-refractivity contribution in [1.29, 1.82) is 0 Å². The largest absolute Gasteiger partial charge is 0.248 e. The average molecular weight is 78.1 g/mol. The molecule has 0 N–H and O–H groups in total. The Balaban J connectivity index is 3.54. The molecular formula is C4H9F. The lowest BCUT2D eigenvalue weighted by atomic mass is 10.4. The van der Waals surface area contributed by atoms with Crippen LogP contribution in [0.5, 0.6) is 0 Å². The molecule has 5 heavy (non-hydrogen) atoms. The van der Waals surface area contributed by atoms with E-state index in [1.54, 1.807) is 0 Å². The van der Waals surface area contributed by atoms with Gasteiger partial charge in [-0.2, -0.15) is 0 Å². The van der Waals surface area contributed by atoms with Crippen molar-refractivity contribution < 1.29 is 7.13 Å². The molecule has 0 aromatic carbocycles. The molecule has 1 atom stereocenters. The Kier molecular flexibility index (Phi) is 0.946. The number of hydrogen-bond donors (Lipinski definition) is 0. The van der Waals surface area contributed by atoms with E-state index < -0.39 is 12.5 Å². The highest BCUT2D eigenvalue weighted by molar-refractivity contribution is 4.35. The molecule has 0 amide bonds. The van der Waals surface area contributed by atoms with Gasteiger partial charge in [0.15, 0.2) is 0 Å². The average Bonchev–Trinajstić information content (AvgIpc) is 1.31. The first kappa shape index (κ1) is 2.17. The second-order valence-electron chi connectivity index (χ2n) is 0.905. The maximum Gasteiger partial charge on any atom is 0.0971 e. The first-order chi connectivity index (χ1) is 2.94. The lowest BCUT2D eigenvalue weighted by Crippen LogP contribution is -1.83. The van der Waals surface area contributed by atoms with E-state index in [1.165, 1.54) is 13.8 Å². The standard InChI is InChI=1S/C4H9F/c1-3-4(2)5/h4H,3H2,1-2H3/i3D2. The van der Waals surface area contributed by atoms with Crippen LogP contribution >= 0.6 is 0 Å². The van der Waals surface area contributed by atoms with Crippen LogP contribution in [0, 0.1) is 0 Å². The van der Waals surface area contributed by atoms with Crippen LogP contribution in [0.4, 0.5) is 4.39 Å². The van der Waals surface area contributed by atoms with E-state index in [4.69, 9.17) is 2.74 Å². The second-order valence-corrected chi connectivity index (χ2v) is 0.905. The zero-order chi connectivity index (χ0) is 6.08. The molecule has 0 aliphatic heterocycles. The fraction of sp³-hybridized carbons (Fsp3) is 1.00. The highest BCUT2D eigenvalue weighted by atomic mass is 19.1. The van der Waals surface area contributed by atoms with Gasteiger partial charge in [-0.1, -0.05) is 6.92 Å². The van der Waals surface area contributed by atoms with Crippen LogP contribution in [0.25, 0.3) is 0 Å². The topological polar surface area (TPSA) is 0 Å². The molecule has 0 bridgehead atoms. The molecule has 0 nitrogen and oxygen atoms in total. The summed E-state index contributed by atoms with van der Waals surface area (Å²) in [6, 6.07) is 0. The van der Waals surface area contributed by atoms with Crippen molar-refractivity contribution in [3.05, 3.63) is 0 Å². The summed E-state index contributed by atoms with van der Waals surface area (Å²) >= 11 is 0. The first-order valence-electron chi connectivity index (χ1n) is 2.58. The third-order valence-corrected chi connectivity index (χ3v) is 0.398. The van der Waals surface area contributed by atoms with E-state index in [2.05, 4.69) is 0 Å². The Bertz CT molecular complexity index is 55.2. The normalized spacial score (nSPS) is 23.8. The van der Waals surface area contributed by atoms with E-state index in [0.29, 0.717) is 0 Å². The summed E-state index contributed by atoms with van der Waals surface area (Å²) in [6.07, 6.45) is -3.03. The van der Waals surface area contributed by atoms with Crippen molar-refractivity contribution in [2.45, 2.75) is 26.4 Å². The summed E-state index contributed by atoms with van der Waals surface area (Å²) in [4.78, 5) is 0. The van der Waals surface area contributed by atoms with Crippen LogP contribution in [0.15, 0.2) is 0 Å². The quantitative estimate of drug-likeness (QED) is 0.448. The van der Waals surface area contributed by atoms with E-state index in [1.807, 2.05) is 0 Å². The molecule has 0 saturated heterocycles. The highest BCUT2D eigenvalue weighted by Crippen LogP contribution is 1.90. The third-order valence-electron chi connectivity index (χ3n) is 0.398. The van der Waals surface area contributed by atoms with Gasteiger partial charge < -0.3 is 0 Å². The summed E-state index contributed by atoms with van der Waals surface area (Å²) in [6.45, 7) is 2.43. The predicted octanol–water partition coefficient (Wildman–Crippen LogP) is 1.75. The van der Waals surface area contributed by atoms with Crippen LogP contribution in [-0.2, 0) is 0 Å². The zero-order valence-electron chi connectivity index (χ0n) is 5.46. The highest BCUT2D eigenvalue weighted by Gasteiger charge is 1.85. The van der Waals surface area contributed by atoms with Gasteiger partial charge in [0.05, 0.1) is 6.17 Å². The van der Waals surface area contributed by atoms with Crippen LogP contribution < -0.4 is 0 Å². The van der Waals surface area contributed by atoms with Crippen molar-refractivity contribution >= 4 is 0 Å². The van der Waals surface area contributed by atoms with Crippen molar-refractivity contribution in [3.8, 4) is 0 Å². The summed E-state index contributed by atoms with van der Waals surface area (Å²) in [5.74, 6) is 0. The molecular weight excluding hydrogens is 67.0 g/mol. The van der Waals surface area contributed by atoms with E-state index in [-0.39, 0.29) is 0 Å². The van der Waals surface area contributed by atoms with E-state index >= 15 is 0 Å². The molecule has 0 fully saturated rings. The lowest BCUT2D eigenvalue weighted by Gasteiger charge is -1.86. The summed E-state index contributed by atoms with van der Waals surface area (Å²) in [5, 5.41) is 0. The number of hydrogen-bond acceptors (Lipinski definition) is 0. The van der Waals surface area contributed by atoms with Gasteiger partial charge in [-0.05, 0) is 13.3 Å². The van der Waals surface area contributed by atoms with Crippen LogP contribution in [0.2, 0.25) is 0 Å². The molecule has 0 rings (SSSR count). The van der Waals surface area contributed by atoms with Crippen molar-refractivity contribution in [2.75, 3.05) is 0 Å². The van der Waals surface area contributed by atoms with Gasteiger partial charge >= 0.3 is 0 Å². The smallest absolute Gasteiger partial charge is 0.0971 e. The Morgan fingerprint density at radius 1 is 2.20 bits per heavy atom. The van der Waals surface area contributed by atoms with E-state index in [0.717, 1.165) is 0 Å². The second kappa shape index (κ2) is 2.18. The number of halogens is 1. The van der Waals surface area contributed by atoms with Crippen molar-refractivity contribution in [1.82, 2.24) is 0 Å². The zero-order valence-corrected chi connectivity index (χ0v) is 3.46. The molecule has 0 saturated carbocycles. The molecule has 0 radical (unpaired) electrons. The minimum Gasteiger partial charge on any atom is -0.248 e. The molecule has 0 heterocycles. The Labute approximate surface area is 34.8 Å². The van der Waals surface area contributed by atoms with Gasteiger partial charge in [-0.25, -0.2) is 4.39 Å². The molecule has 0 aliphatic rings. The summed E-state index contributed by atoms with van der Waals surface area (Å²) < 4.78 is 25.2. The minimum atomic E-state index is -1.67. The fourth-order valence-corrected chi connectivity index (χ4v) is 0.